The van der Waals surface area contributed by atoms with Crippen LogP contribution in [0.5, 0.6) is 0 Å². The van der Waals surface area contributed by atoms with Crippen LogP contribution in [0.15, 0.2) is 40.2 Å². The third kappa shape index (κ3) is 3.41. The second kappa shape index (κ2) is 5.80. The lowest BCUT2D eigenvalue weighted by Gasteiger charge is -2.16. The number of aryl methyl sites for hydroxylation is 1. The van der Waals surface area contributed by atoms with Crippen LogP contribution in [-0.2, 0) is 6.42 Å². The number of rotatable bonds is 4. The van der Waals surface area contributed by atoms with Gasteiger partial charge in [-0.25, -0.2) is 0 Å². The molecule has 1 aromatic carbocycles. The van der Waals surface area contributed by atoms with Gasteiger partial charge in [0, 0.05) is 17.3 Å². The van der Waals surface area contributed by atoms with Crippen molar-refractivity contribution in [1.82, 2.24) is 5.32 Å². The molecular weight excluding hydrogens is 294 g/mol. The Bertz CT molecular complexity index is 475. The van der Waals surface area contributed by atoms with Crippen LogP contribution in [0.25, 0.3) is 0 Å². The number of thiophene rings is 1. The highest BCUT2D eigenvalue weighted by Gasteiger charge is 2.11. The van der Waals surface area contributed by atoms with Gasteiger partial charge in [-0.15, -0.1) is 11.3 Å². The maximum Gasteiger partial charge on any atom is 0.0701 e. The molecule has 2 rings (SSSR count). The summed E-state index contributed by atoms with van der Waals surface area (Å²) >= 11 is 5.31. The Morgan fingerprint density at radius 2 is 1.88 bits per heavy atom. The highest BCUT2D eigenvalue weighted by Crippen LogP contribution is 2.26. The molecule has 0 aliphatic carbocycles. The largest absolute Gasteiger partial charge is 0.313 e. The van der Waals surface area contributed by atoms with Crippen LogP contribution in [0.3, 0.4) is 0 Å². The van der Waals surface area contributed by atoms with Gasteiger partial charge in [-0.1, -0.05) is 29.8 Å². The minimum absolute atomic E-state index is 0.390. The predicted molar refractivity (Wildman–Crippen MR) is 78.7 cm³/mol. The van der Waals surface area contributed by atoms with Crippen molar-refractivity contribution < 1.29 is 0 Å². The van der Waals surface area contributed by atoms with Gasteiger partial charge in [0.05, 0.1) is 3.79 Å². The second-order valence-electron chi connectivity index (χ2n) is 4.16. The highest BCUT2D eigenvalue weighted by atomic mass is 79.9. The van der Waals surface area contributed by atoms with Gasteiger partial charge in [-0.05, 0) is 47.6 Å². The molecule has 1 N–H and O–H groups in total. The van der Waals surface area contributed by atoms with E-state index in [9.17, 15) is 0 Å². The van der Waals surface area contributed by atoms with Crippen LogP contribution in [0, 0.1) is 6.92 Å². The Morgan fingerprint density at radius 1 is 1.18 bits per heavy atom. The number of nitrogens with one attached hydrogen (secondary N) is 1. The van der Waals surface area contributed by atoms with Gasteiger partial charge in [0.2, 0.25) is 0 Å². The standard InChI is InChI=1S/C14H16BrNS/c1-10-3-5-11(6-4-10)13(16-2)9-12-7-8-14(15)17-12/h3-8,13,16H,9H2,1-2H3. The van der Waals surface area contributed by atoms with Crippen LogP contribution in [0.1, 0.15) is 22.0 Å². The van der Waals surface area contributed by atoms with Crippen LogP contribution in [-0.4, -0.2) is 7.05 Å². The van der Waals surface area contributed by atoms with E-state index in [4.69, 9.17) is 0 Å². The van der Waals surface area contributed by atoms with Crippen molar-refractivity contribution in [3.8, 4) is 0 Å². The van der Waals surface area contributed by atoms with E-state index in [-0.39, 0.29) is 0 Å². The van der Waals surface area contributed by atoms with Gasteiger partial charge in [0.1, 0.15) is 0 Å². The molecule has 0 bridgehead atoms. The SMILES string of the molecule is CNC(Cc1ccc(Br)s1)c1ccc(C)cc1. The van der Waals surface area contributed by atoms with Crippen LogP contribution in [0.2, 0.25) is 0 Å². The fourth-order valence-corrected chi connectivity index (χ4v) is 3.38. The average molecular weight is 310 g/mol. The maximum absolute atomic E-state index is 3.51. The molecular formula is C14H16BrNS. The number of halogens is 1. The Kier molecular flexibility index (Phi) is 4.37. The molecule has 1 unspecified atom stereocenters. The highest BCUT2D eigenvalue weighted by molar-refractivity contribution is 9.11. The van der Waals surface area contributed by atoms with E-state index in [1.165, 1.54) is 19.8 Å². The van der Waals surface area contributed by atoms with E-state index in [0.29, 0.717) is 6.04 Å². The Morgan fingerprint density at radius 3 is 2.41 bits per heavy atom. The Hall–Kier alpha value is -0.640. The van der Waals surface area contributed by atoms with Crippen molar-refractivity contribution >= 4 is 27.3 Å². The molecule has 17 heavy (non-hydrogen) atoms. The normalized spacial score (nSPS) is 12.6. The summed E-state index contributed by atoms with van der Waals surface area (Å²) in [7, 11) is 2.02. The van der Waals surface area contributed by atoms with Gasteiger partial charge in [0.15, 0.2) is 0 Å². The summed E-state index contributed by atoms with van der Waals surface area (Å²) in [5, 5.41) is 3.39. The van der Waals surface area contributed by atoms with E-state index in [1.54, 1.807) is 11.3 Å². The molecule has 0 aliphatic heterocycles. The van der Waals surface area contributed by atoms with E-state index in [1.807, 2.05) is 7.05 Å². The molecule has 0 saturated heterocycles. The van der Waals surface area contributed by atoms with Crippen molar-refractivity contribution in [3.63, 3.8) is 0 Å². The lowest BCUT2D eigenvalue weighted by Crippen LogP contribution is -2.18. The smallest absolute Gasteiger partial charge is 0.0701 e. The van der Waals surface area contributed by atoms with Gasteiger partial charge in [0.25, 0.3) is 0 Å². The van der Waals surface area contributed by atoms with E-state index < -0.39 is 0 Å². The predicted octanol–water partition coefficient (Wildman–Crippen LogP) is 4.32. The molecule has 0 amide bonds. The molecule has 0 saturated carbocycles. The molecule has 1 nitrogen and oxygen atoms in total. The zero-order valence-electron chi connectivity index (χ0n) is 10.0. The molecule has 0 aliphatic rings. The molecule has 0 radical (unpaired) electrons. The summed E-state index contributed by atoms with van der Waals surface area (Å²) in [4.78, 5) is 1.40. The minimum atomic E-state index is 0.390. The van der Waals surface area contributed by atoms with Crippen molar-refractivity contribution in [1.29, 1.82) is 0 Å². The molecule has 1 heterocycles. The third-order valence-electron chi connectivity index (χ3n) is 2.86. The summed E-state index contributed by atoms with van der Waals surface area (Å²) in [6.45, 7) is 2.12. The van der Waals surface area contributed by atoms with E-state index in [0.717, 1.165) is 6.42 Å². The first kappa shape index (κ1) is 12.8. The monoisotopic (exact) mass is 309 g/mol. The van der Waals surface area contributed by atoms with Gasteiger partial charge >= 0.3 is 0 Å². The number of benzene rings is 1. The topological polar surface area (TPSA) is 12.0 Å². The Balaban J connectivity index is 2.13. The first-order valence-corrected chi connectivity index (χ1v) is 7.28. The molecule has 90 valence electrons. The van der Waals surface area contributed by atoms with Crippen molar-refractivity contribution in [2.45, 2.75) is 19.4 Å². The van der Waals surface area contributed by atoms with Gasteiger partial charge in [-0.3, -0.25) is 0 Å². The third-order valence-corrected chi connectivity index (χ3v) is 4.51. The first-order chi connectivity index (χ1) is 8.19. The summed E-state index contributed by atoms with van der Waals surface area (Å²) in [5.74, 6) is 0. The fraction of sp³-hybridized carbons (Fsp3) is 0.286. The molecule has 1 atom stereocenters. The summed E-state index contributed by atoms with van der Waals surface area (Å²) in [6, 6.07) is 13.4. The Labute approximate surface area is 115 Å². The van der Waals surface area contributed by atoms with Gasteiger partial charge in [-0.2, -0.15) is 0 Å². The quantitative estimate of drug-likeness (QED) is 0.886. The van der Waals surface area contributed by atoms with E-state index in [2.05, 4.69) is 64.6 Å². The molecule has 3 heteroatoms. The maximum atomic E-state index is 3.51. The summed E-state index contributed by atoms with van der Waals surface area (Å²) < 4.78 is 1.20. The summed E-state index contributed by atoms with van der Waals surface area (Å²) in [6.07, 6.45) is 1.04. The molecule has 1 aromatic heterocycles. The van der Waals surface area contributed by atoms with Gasteiger partial charge < -0.3 is 5.32 Å². The number of hydrogen-bond donors (Lipinski definition) is 1. The lowest BCUT2D eigenvalue weighted by molar-refractivity contribution is 0.596. The van der Waals surface area contributed by atoms with Crippen LogP contribution < -0.4 is 5.32 Å². The van der Waals surface area contributed by atoms with Crippen molar-refractivity contribution in [2.75, 3.05) is 7.05 Å². The molecule has 2 aromatic rings. The van der Waals surface area contributed by atoms with Crippen molar-refractivity contribution in [3.05, 3.63) is 56.2 Å². The van der Waals surface area contributed by atoms with Crippen molar-refractivity contribution in [2.24, 2.45) is 0 Å². The summed E-state index contributed by atoms with van der Waals surface area (Å²) in [5.41, 5.74) is 2.66. The molecule has 0 fully saturated rings. The van der Waals surface area contributed by atoms with Crippen LogP contribution >= 0.6 is 27.3 Å². The lowest BCUT2D eigenvalue weighted by atomic mass is 10.0. The van der Waals surface area contributed by atoms with E-state index >= 15 is 0 Å². The zero-order valence-corrected chi connectivity index (χ0v) is 12.4. The second-order valence-corrected chi connectivity index (χ2v) is 6.71. The van der Waals surface area contributed by atoms with Crippen LogP contribution in [0.4, 0.5) is 0 Å². The first-order valence-electron chi connectivity index (χ1n) is 5.67. The zero-order chi connectivity index (χ0) is 12.3. The number of likely N-dealkylation sites (N-methyl/N-ethyl adjacent to an activating group) is 1. The fourth-order valence-electron chi connectivity index (χ4n) is 1.85. The average Bonchev–Trinajstić information content (AvgIpc) is 2.73. The minimum Gasteiger partial charge on any atom is -0.313 e. The number of hydrogen-bond acceptors (Lipinski definition) is 2. The molecule has 0 spiro atoms.